The zero-order valence-electron chi connectivity index (χ0n) is 22.6. The summed E-state index contributed by atoms with van der Waals surface area (Å²) in [7, 11) is 0. The molecule has 4 aliphatic heterocycles. The van der Waals surface area contributed by atoms with Gasteiger partial charge in [-0.3, -0.25) is 14.4 Å². The fourth-order valence-electron chi connectivity index (χ4n) is 6.77. The van der Waals surface area contributed by atoms with Crippen molar-refractivity contribution >= 4 is 23.5 Å². The number of aryl methyl sites for hydroxylation is 2. The molecule has 38 heavy (non-hydrogen) atoms. The van der Waals surface area contributed by atoms with E-state index in [9.17, 15) is 19.5 Å². The smallest absolute Gasteiger partial charge is 0.312 e. The number of fused-ring (bicyclic) bond motifs is 2. The summed E-state index contributed by atoms with van der Waals surface area (Å²) in [5.41, 5.74) is 1.35. The van der Waals surface area contributed by atoms with Crippen molar-refractivity contribution in [3.8, 4) is 0 Å². The number of aliphatic hydroxyl groups is 1. The lowest BCUT2D eigenvalue weighted by Gasteiger charge is -2.40. The SMILES string of the molecule is Cc1cccc(C)c1N1CC=C[C@]23O[C@@H]4/C=C\CCCCOC(=O)[C@@H]4[C@H]2C(=O)N([C@@H](CO)C(C)C)C3C1=O. The van der Waals surface area contributed by atoms with Crippen LogP contribution < -0.4 is 4.90 Å². The van der Waals surface area contributed by atoms with Crippen LogP contribution in [0, 0.1) is 31.6 Å². The highest BCUT2D eigenvalue weighted by Crippen LogP contribution is 2.54. The van der Waals surface area contributed by atoms with Gasteiger partial charge in [0.05, 0.1) is 31.3 Å². The number of likely N-dealkylation sites (tertiary alicyclic amines) is 1. The maximum Gasteiger partial charge on any atom is 0.312 e. The summed E-state index contributed by atoms with van der Waals surface area (Å²) in [6.45, 7) is 8.05. The summed E-state index contributed by atoms with van der Waals surface area (Å²) >= 11 is 0. The second-order valence-electron chi connectivity index (χ2n) is 11.3. The number of hydrogen-bond donors (Lipinski definition) is 1. The van der Waals surface area contributed by atoms with E-state index in [1.165, 1.54) is 4.90 Å². The van der Waals surface area contributed by atoms with Crippen molar-refractivity contribution in [2.45, 2.75) is 70.7 Å². The van der Waals surface area contributed by atoms with E-state index in [0.29, 0.717) is 6.54 Å². The van der Waals surface area contributed by atoms with Gasteiger partial charge in [0, 0.05) is 12.2 Å². The standard InChI is InChI=1S/C30H38N2O6/c1-18(2)21(17-33)32-26-28(35)31(25-19(3)11-9-12-20(25)4)15-10-14-30(26)24(27(32)34)23-22(38-30)13-7-5-6-8-16-37-29(23)36/h7,9-14,18,21-24,26,33H,5-6,8,15-17H2,1-4H3/b13-7-/t21-,22+,23-,24-,26?,30-/m0/s1. The van der Waals surface area contributed by atoms with E-state index in [1.54, 1.807) is 4.90 Å². The van der Waals surface area contributed by atoms with Gasteiger partial charge < -0.3 is 24.4 Å². The van der Waals surface area contributed by atoms with Crippen LogP contribution in [0.2, 0.25) is 0 Å². The molecule has 1 spiro atoms. The first-order valence-corrected chi connectivity index (χ1v) is 13.7. The number of carbonyl (C=O) groups is 3. The number of benzene rings is 1. The minimum atomic E-state index is -1.35. The highest BCUT2D eigenvalue weighted by molar-refractivity contribution is 6.06. The van der Waals surface area contributed by atoms with Gasteiger partial charge in [0.25, 0.3) is 5.91 Å². The number of allylic oxidation sites excluding steroid dienone is 1. The third kappa shape index (κ3) is 4.09. The number of amides is 2. The van der Waals surface area contributed by atoms with Crippen molar-refractivity contribution < 1.29 is 29.0 Å². The Kier molecular flexibility index (Phi) is 7.22. The Morgan fingerprint density at radius 1 is 1.08 bits per heavy atom. The van der Waals surface area contributed by atoms with E-state index < -0.39 is 41.6 Å². The number of carbonyl (C=O) groups excluding carboxylic acids is 3. The molecule has 2 fully saturated rings. The van der Waals surface area contributed by atoms with Crippen LogP contribution in [0.1, 0.15) is 44.2 Å². The van der Waals surface area contributed by atoms with Crippen LogP contribution in [0.15, 0.2) is 42.5 Å². The molecule has 0 radical (unpaired) electrons. The molecule has 0 bridgehead atoms. The van der Waals surface area contributed by atoms with E-state index in [-0.39, 0.29) is 30.9 Å². The first-order valence-electron chi connectivity index (χ1n) is 13.7. The Labute approximate surface area is 224 Å². The van der Waals surface area contributed by atoms with E-state index in [2.05, 4.69) is 0 Å². The first-order chi connectivity index (χ1) is 18.2. The Bertz CT molecular complexity index is 1160. The number of ether oxygens (including phenoxy) is 2. The van der Waals surface area contributed by atoms with E-state index in [1.807, 2.05) is 70.2 Å². The van der Waals surface area contributed by atoms with E-state index in [4.69, 9.17) is 9.47 Å². The number of rotatable bonds is 4. The quantitative estimate of drug-likeness (QED) is 0.482. The van der Waals surface area contributed by atoms with Crippen molar-refractivity contribution in [1.82, 2.24) is 4.90 Å². The molecule has 5 rings (SSSR count). The van der Waals surface area contributed by atoms with E-state index in [0.717, 1.165) is 36.1 Å². The highest BCUT2D eigenvalue weighted by atomic mass is 16.6. The van der Waals surface area contributed by atoms with Gasteiger partial charge in [0.1, 0.15) is 17.6 Å². The van der Waals surface area contributed by atoms with Gasteiger partial charge in [-0.2, -0.15) is 0 Å². The molecule has 4 aliphatic rings. The summed E-state index contributed by atoms with van der Waals surface area (Å²) in [5.74, 6) is -3.03. The normalized spacial score (nSPS) is 32.9. The first kappa shape index (κ1) is 26.6. The molecule has 2 saturated heterocycles. The average molecular weight is 523 g/mol. The molecular weight excluding hydrogens is 484 g/mol. The fraction of sp³-hybridized carbons (Fsp3) is 0.567. The number of anilines is 1. The van der Waals surface area contributed by atoms with Crippen LogP contribution in [0.5, 0.6) is 0 Å². The second kappa shape index (κ2) is 10.3. The van der Waals surface area contributed by atoms with Crippen LogP contribution in [-0.2, 0) is 23.9 Å². The van der Waals surface area contributed by atoms with Crippen LogP contribution in [-0.4, -0.2) is 71.3 Å². The van der Waals surface area contributed by atoms with Crippen LogP contribution in [0.3, 0.4) is 0 Å². The number of aliphatic hydroxyl groups excluding tert-OH is 1. The van der Waals surface area contributed by atoms with Crippen molar-refractivity contribution in [2.75, 3.05) is 24.7 Å². The maximum absolute atomic E-state index is 14.6. The zero-order valence-corrected chi connectivity index (χ0v) is 22.6. The van der Waals surface area contributed by atoms with Gasteiger partial charge in [-0.05, 0) is 50.2 Å². The molecular formula is C30H38N2O6. The molecule has 1 N–H and O–H groups in total. The lowest BCUT2D eigenvalue weighted by Crippen LogP contribution is -2.59. The van der Waals surface area contributed by atoms with Gasteiger partial charge >= 0.3 is 5.97 Å². The van der Waals surface area contributed by atoms with Crippen LogP contribution in [0.4, 0.5) is 5.69 Å². The maximum atomic E-state index is 14.6. The third-order valence-corrected chi connectivity index (χ3v) is 8.56. The fourth-order valence-corrected chi connectivity index (χ4v) is 6.77. The van der Waals surface area contributed by atoms with E-state index >= 15 is 0 Å². The molecule has 8 heteroatoms. The molecule has 8 nitrogen and oxygen atoms in total. The largest absolute Gasteiger partial charge is 0.465 e. The Morgan fingerprint density at radius 3 is 2.50 bits per heavy atom. The monoisotopic (exact) mass is 522 g/mol. The van der Waals surface area contributed by atoms with Gasteiger partial charge in [-0.1, -0.05) is 56.4 Å². The minimum Gasteiger partial charge on any atom is -0.465 e. The Balaban J connectivity index is 1.68. The number of hydrogen-bond acceptors (Lipinski definition) is 6. The molecule has 2 amide bonds. The number of nitrogens with zero attached hydrogens (tertiary/aromatic N) is 2. The summed E-state index contributed by atoms with van der Waals surface area (Å²) in [4.78, 5) is 45.6. The molecule has 1 unspecified atom stereocenters. The van der Waals surface area contributed by atoms with Crippen molar-refractivity contribution in [1.29, 1.82) is 0 Å². The predicted octanol–water partition coefficient (Wildman–Crippen LogP) is 3.09. The van der Waals surface area contributed by atoms with Crippen molar-refractivity contribution in [3.63, 3.8) is 0 Å². The van der Waals surface area contributed by atoms with Crippen molar-refractivity contribution in [2.24, 2.45) is 17.8 Å². The molecule has 6 atom stereocenters. The highest BCUT2D eigenvalue weighted by Gasteiger charge is 2.72. The summed E-state index contributed by atoms with van der Waals surface area (Å²) < 4.78 is 12.3. The summed E-state index contributed by atoms with van der Waals surface area (Å²) in [5, 5.41) is 10.4. The van der Waals surface area contributed by atoms with Gasteiger partial charge in [-0.25, -0.2) is 0 Å². The number of esters is 1. The van der Waals surface area contributed by atoms with Gasteiger partial charge in [-0.15, -0.1) is 0 Å². The molecule has 0 saturated carbocycles. The zero-order chi connectivity index (χ0) is 27.2. The molecule has 0 aliphatic carbocycles. The minimum absolute atomic E-state index is 0.125. The van der Waals surface area contributed by atoms with Gasteiger partial charge in [0.15, 0.2) is 0 Å². The molecule has 1 aromatic rings. The third-order valence-electron chi connectivity index (χ3n) is 8.56. The lowest BCUT2D eigenvalue weighted by molar-refractivity contribution is -0.155. The summed E-state index contributed by atoms with van der Waals surface area (Å²) in [6.07, 6.45) is 9.34. The number of cyclic esters (lactones) is 1. The predicted molar refractivity (Wildman–Crippen MR) is 142 cm³/mol. The Morgan fingerprint density at radius 2 is 1.82 bits per heavy atom. The molecule has 0 aromatic heterocycles. The molecule has 1 aromatic carbocycles. The van der Waals surface area contributed by atoms with Crippen molar-refractivity contribution in [3.05, 3.63) is 53.6 Å². The lowest BCUT2D eigenvalue weighted by atomic mass is 9.77. The number of para-hydroxylation sites is 1. The Hall–Kier alpha value is -2.97. The average Bonchev–Trinajstić information content (AvgIpc) is 3.26. The van der Waals surface area contributed by atoms with Gasteiger partial charge in [0.2, 0.25) is 5.91 Å². The van der Waals surface area contributed by atoms with Crippen LogP contribution in [0.25, 0.3) is 0 Å². The molecule has 204 valence electrons. The summed E-state index contributed by atoms with van der Waals surface area (Å²) in [6, 6.07) is 4.24. The molecule has 4 heterocycles. The topological polar surface area (TPSA) is 96.4 Å². The second-order valence-corrected chi connectivity index (χ2v) is 11.3. The van der Waals surface area contributed by atoms with Crippen LogP contribution >= 0.6 is 0 Å².